The molecule has 0 spiro atoms. The lowest BCUT2D eigenvalue weighted by atomic mass is 10.1. The number of anilines is 1. The van der Waals surface area contributed by atoms with Gasteiger partial charge in [0.1, 0.15) is 11.6 Å². The highest BCUT2D eigenvalue weighted by Crippen LogP contribution is 2.33. The Kier molecular flexibility index (Phi) is 5.66. The number of imidazole rings is 1. The number of aromatic amines is 1. The second-order valence-corrected chi connectivity index (χ2v) is 9.11. The fourth-order valence-electron chi connectivity index (χ4n) is 5.24. The number of nitrogens with one attached hydrogen (secondary N) is 1. The lowest BCUT2D eigenvalue weighted by Crippen LogP contribution is -2.37. The molecule has 0 saturated carbocycles. The normalized spacial score (nSPS) is 17.8. The Balaban J connectivity index is 1.55. The average molecular weight is 464 g/mol. The molecule has 4 aromatic rings. The molecule has 178 valence electrons. The Morgan fingerprint density at radius 3 is 2.62 bits per heavy atom. The van der Waals surface area contributed by atoms with E-state index < -0.39 is 0 Å². The Morgan fingerprint density at radius 2 is 1.82 bits per heavy atom. The Morgan fingerprint density at radius 1 is 1.00 bits per heavy atom. The number of piperidine rings is 1. The number of ether oxygens (including phenoxy) is 1. The smallest absolute Gasteiger partial charge is 0.167 e. The molecule has 2 aliphatic heterocycles. The molecule has 0 unspecified atom stereocenters. The van der Waals surface area contributed by atoms with Crippen molar-refractivity contribution in [3.05, 3.63) is 36.0 Å². The second kappa shape index (κ2) is 8.96. The quantitative estimate of drug-likeness (QED) is 0.483. The molecule has 0 radical (unpaired) electrons. The van der Waals surface area contributed by atoms with Gasteiger partial charge in [0, 0.05) is 36.7 Å². The van der Waals surface area contributed by atoms with Gasteiger partial charge in [-0.2, -0.15) is 0 Å². The van der Waals surface area contributed by atoms with Crippen LogP contribution < -0.4 is 4.90 Å². The van der Waals surface area contributed by atoms with Gasteiger partial charge in [-0.05, 0) is 51.1 Å². The molecule has 2 aliphatic rings. The van der Waals surface area contributed by atoms with Crippen LogP contribution in [0.3, 0.4) is 0 Å². The summed E-state index contributed by atoms with van der Waals surface area (Å²) >= 11 is 0. The van der Waals surface area contributed by atoms with Crippen molar-refractivity contribution in [2.24, 2.45) is 0 Å². The molecular weight excluding hydrogens is 433 g/mol. The van der Waals surface area contributed by atoms with Crippen molar-refractivity contribution in [2.45, 2.75) is 39.3 Å². The molecular formula is C25H30FN7O. The Labute approximate surface area is 197 Å². The largest absolute Gasteiger partial charge is 0.378 e. The van der Waals surface area contributed by atoms with E-state index in [9.17, 15) is 0 Å². The van der Waals surface area contributed by atoms with Crippen LogP contribution in [0.25, 0.3) is 33.5 Å². The number of halogens is 1. The summed E-state index contributed by atoms with van der Waals surface area (Å²) in [5, 5.41) is 0.781. The van der Waals surface area contributed by atoms with Crippen molar-refractivity contribution >= 4 is 27.9 Å². The summed E-state index contributed by atoms with van der Waals surface area (Å²) in [5.41, 5.74) is 2.86. The fourth-order valence-corrected chi connectivity index (χ4v) is 5.24. The van der Waals surface area contributed by atoms with Crippen molar-refractivity contribution in [3.63, 3.8) is 0 Å². The number of fused-ring (bicyclic) bond motifs is 2. The SMILES string of the molecule is CCn1c(CN2CCCCC2)nc2c(N3CCOCC3)nc(-c3c(F)ccc4[nH]ccc34)nc21. The first-order valence-electron chi connectivity index (χ1n) is 12.3. The Hall–Kier alpha value is -3.04. The zero-order valence-electron chi connectivity index (χ0n) is 19.6. The van der Waals surface area contributed by atoms with Gasteiger partial charge in [-0.3, -0.25) is 4.90 Å². The molecule has 2 fully saturated rings. The summed E-state index contributed by atoms with van der Waals surface area (Å²) in [6.45, 7) is 8.58. The number of rotatable bonds is 5. The van der Waals surface area contributed by atoms with Crippen LogP contribution in [0.4, 0.5) is 10.2 Å². The van der Waals surface area contributed by atoms with Crippen molar-refractivity contribution < 1.29 is 9.13 Å². The Bertz CT molecular complexity index is 1320. The van der Waals surface area contributed by atoms with Crippen molar-refractivity contribution in [2.75, 3.05) is 44.3 Å². The lowest BCUT2D eigenvalue weighted by Gasteiger charge is -2.28. The molecule has 2 saturated heterocycles. The minimum atomic E-state index is -0.324. The molecule has 0 bridgehead atoms. The number of aryl methyl sites for hydroxylation is 1. The first-order chi connectivity index (χ1) is 16.7. The van der Waals surface area contributed by atoms with E-state index >= 15 is 4.39 Å². The fraction of sp³-hybridized carbons (Fsp3) is 0.480. The van der Waals surface area contributed by atoms with Crippen molar-refractivity contribution in [1.82, 2.24) is 29.4 Å². The van der Waals surface area contributed by atoms with Gasteiger partial charge in [0.2, 0.25) is 0 Å². The van der Waals surface area contributed by atoms with Gasteiger partial charge in [-0.25, -0.2) is 19.3 Å². The first-order valence-corrected chi connectivity index (χ1v) is 12.3. The maximum Gasteiger partial charge on any atom is 0.167 e. The molecule has 0 amide bonds. The van der Waals surface area contributed by atoms with Crippen molar-refractivity contribution in [1.29, 1.82) is 0 Å². The van der Waals surface area contributed by atoms with Gasteiger partial charge in [-0.1, -0.05) is 6.42 Å². The van der Waals surface area contributed by atoms with E-state index in [1.165, 1.54) is 25.3 Å². The highest BCUT2D eigenvalue weighted by atomic mass is 19.1. The number of H-pyrrole nitrogens is 1. The second-order valence-electron chi connectivity index (χ2n) is 9.11. The maximum atomic E-state index is 15.2. The number of morpholine rings is 1. The highest BCUT2D eigenvalue weighted by molar-refractivity contribution is 5.95. The van der Waals surface area contributed by atoms with Gasteiger partial charge < -0.3 is 19.2 Å². The predicted octanol–water partition coefficient (Wildman–Crippen LogP) is 3.96. The third-order valence-electron chi connectivity index (χ3n) is 7.00. The first kappa shape index (κ1) is 21.5. The summed E-state index contributed by atoms with van der Waals surface area (Å²) in [4.78, 5) is 22.8. The summed E-state index contributed by atoms with van der Waals surface area (Å²) in [7, 11) is 0. The van der Waals surface area contributed by atoms with E-state index in [2.05, 4.69) is 26.3 Å². The van der Waals surface area contributed by atoms with Crippen molar-refractivity contribution in [3.8, 4) is 11.4 Å². The molecule has 1 N–H and O–H groups in total. The minimum absolute atomic E-state index is 0.324. The van der Waals surface area contributed by atoms with E-state index in [4.69, 9.17) is 19.7 Å². The van der Waals surface area contributed by atoms with Gasteiger partial charge >= 0.3 is 0 Å². The number of likely N-dealkylation sites (tertiary alicyclic amines) is 1. The summed E-state index contributed by atoms with van der Waals surface area (Å²) in [6, 6.07) is 5.12. The van der Waals surface area contributed by atoms with Gasteiger partial charge in [0.05, 0.1) is 25.3 Å². The highest BCUT2D eigenvalue weighted by Gasteiger charge is 2.25. The summed E-state index contributed by atoms with van der Waals surface area (Å²) in [6.07, 6.45) is 5.58. The number of hydrogen-bond acceptors (Lipinski definition) is 6. The predicted molar refractivity (Wildman–Crippen MR) is 130 cm³/mol. The van der Waals surface area contributed by atoms with Crippen LogP contribution in [0.5, 0.6) is 0 Å². The maximum absolute atomic E-state index is 15.2. The number of hydrogen-bond donors (Lipinski definition) is 1. The third kappa shape index (κ3) is 3.73. The van der Waals surface area contributed by atoms with Crippen LogP contribution in [0, 0.1) is 5.82 Å². The van der Waals surface area contributed by atoms with Crippen LogP contribution in [-0.4, -0.2) is 68.8 Å². The van der Waals surface area contributed by atoms with Gasteiger partial charge in [0.25, 0.3) is 0 Å². The molecule has 0 atom stereocenters. The van der Waals surface area contributed by atoms with Crippen LogP contribution in [0.2, 0.25) is 0 Å². The zero-order chi connectivity index (χ0) is 23.1. The van der Waals surface area contributed by atoms with Crippen LogP contribution in [0.15, 0.2) is 24.4 Å². The number of nitrogens with zero attached hydrogens (tertiary/aromatic N) is 6. The van der Waals surface area contributed by atoms with E-state index in [0.717, 1.165) is 73.0 Å². The van der Waals surface area contributed by atoms with E-state index in [1.54, 1.807) is 6.07 Å². The monoisotopic (exact) mass is 463 g/mol. The number of aromatic nitrogens is 5. The van der Waals surface area contributed by atoms with Gasteiger partial charge in [0.15, 0.2) is 22.8 Å². The van der Waals surface area contributed by atoms with E-state index in [-0.39, 0.29) is 5.82 Å². The third-order valence-corrected chi connectivity index (χ3v) is 7.00. The topological polar surface area (TPSA) is 75.1 Å². The van der Waals surface area contributed by atoms with Crippen LogP contribution >= 0.6 is 0 Å². The average Bonchev–Trinajstić information content (AvgIpc) is 3.48. The minimum Gasteiger partial charge on any atom is -0.378 e. The summed E-state index contributed by atoms with van der Waals surface area (Å²) < 4.78 is 23.0. The molecule has 5 heterocycles. The van der Waals surface area contributed by atoms with E-state index in [1.807, 2.05) is 12.3 Å². The molecule has 34 heavy (non-hydrogen) atoms. The van der Waals surface area contributed by atoms with Crippen LogP contribution in [-0.2, 0) is 17.8 Å². The molecule has 1 aromatic carbocycles. The number of benzene rings is 1. The molecule has 6 rings (SSSR count). The van der Waals surface area contributed by atoms with Crippen LogP contribution in [0.1, 0.15) is 32.0 Å². The standard InChI is InChI=1S/C25H30FN7O/c1-2-33-20(16-31-10-4-3-5-11-31)28-22-24(32-12-14-34-15-13-32)29-23(30-25(22)33)21-17-8-9-27-19(17)7-6-18(21)26/h6-9,27H,2-5,10-16H2,1H3. The molecule has 3 aromatic heterocycles. The van der Waals surface area contributed by atoms with E-state index in [0.29, 0.717) is 24.6 Å². The zero-order valence-corrected chi connectivity index (χ0v) is 19.6. The summed E-state index contributed by atoms with van der Waals surface area (Å²) in [5.74, 6) is 1.84. The van der Waals surface area contributed by atoms with Gasteiger partial charge in [-0.15, -0.1) is 0 Å². The molecule has 8 nitrogen and oxygen atoms in total. The lowest BCUT2D eigenvalue weighted by molar-refractivity contribution is 0.122. The molecule has 9 heteroatoms. The molecule has 0 aliphatic carbocycles.